The van der Waals surface area contributed by atoms with Crippen LogP contribution >= 0.6 is 11.8 Å². The van der Waals surface area contributed by atoms with Gasteiger partial charge in [0.25, 0.3) is 5.91 Å². The molecule has 2 N–H and O–H groups in total. The first-order valence-corrected chi connectivity index (χ1v) is 3.74. The maximum atomic E-state index is 10.4. The zero-order chi connectivity index (χ0) is 7.28. The Balaban J connectivity index is 3.39. The molecule has 0 radical (unpaired) electrons. The number of nitrogens with two attached hydrogens (primary N) is 1. The number of rotatable bonds is 4. The standard InChI is InChI=1S/C5H9NO2S/c1-2-9-3-4(7)5(6)8/h2-3H2,1H3,(H2,6,8). The number of primary amides is 1. The molecule has 0 bridgehead atoms. The lowest BCUT2D eigenvalue weighted by molar-refractivity contribution is -0.134. The van der Waals surface area contributed by atoms with Crippen LogP contribution in [0, 0.1) is 0 Å². The molecule has 0 aromatic carbocycles. The van der Waals surface area contributed by atoms with E-state index in [-0.39, 0.29) is 5.75 Å². The van der Waals surface area contributed by atoms with Crippen molar-refractivity contribution in [2.75, 3.05) is 11.5 Å². The summed E-state index contributed by atoms with van der Waals surface area (Å²) in [5.41, 5.74) is 4.67. The van der Waals surface area contributed by atoms with Crippen molar-refractivity contribution in [3.63, 3.8) is 0 Å². The third-order valence-corrected chi connectivity index (χ3v) is 1.59. The quantitative estimate of drug-likeness (QED) is 0.560. The van der Waals surface area contributed by atoms with Crippen molar-refractivity contribution in [1.82, 2.24) is 0 Å². The van der Waals surface area contributed by atoms with Crippen molar-refractivity contribution >= 4 is 23.5 Å². The molecule has 0 saturated heterocycles. The number of hydrogen-bond donors (Lipinski definition) is 1. The van der Waals surface area contributed by atoms with Crippen molar-refractivity contribution in [3.8, 4) is 0 Å². The number of carbonyl (C=O) groups is 2. The van der Waals surface area contributed by atoms with Gasteiger partial charge in [0.05, 0.1) is 5.75 Å². The number of hydrogen-bond acceptors (Lipinski definition) is 3. The smallest absolute Gasteiger partial charge is 0.285 e. The molecule has 52 valence electrons. The fourth-order valence-corrected chi connectivity index (χ4v) is 0.798. The zero-order valence-electron chi connectivity index (χ0n) is 5.22. The lowest BCUT2D eigenvalue weighted by Crippen LogP contribution is -2.24. The minimum absolute atomic E-state index is 0.214. The second kappa shape index (κ2) is 4.38. The predicted octanol–water partition coefficient (Wildman–Crippen LogP) is -0.206. The molecule has 0 rings (SSSR count). The molecule has 0 atom stereocenters. The predicted molar refractivity (Wildman–Crippen MR) is 37.2 cm³/mol. The van der Waals surface area contributed by atoms with Crippen molar-refractivity contribution in [2.45, 2.75) is 6.92 Å². The van der Waals surface area contributed by atoms with Gasteiger partial charge in [0.1, 0.15) is 0 Å². The largest absolute Gasteiger partial charge is 0.363 e. The highest BCUT2D eigenvalue weighted by atomic mass is 32.2. The SMILES string of the molecule is CCSCC(=O)C(N)=O. The van der Waals surface area contributed by atoms with Gasteiger partial charge < -0.3 is 5.73 Å². The first-order valence-electron chi connectivity index (χ1n) is 2.58. The number of thioether (sulfide) groups is 1. The highest BCUT2D eigenvalue weighted by Crippen LogP contribution is 1.96. The van der Waals surface area contributed by atoms with E-state index in [1.54, 1.807) is 0 Å². The van der Waals surface area contributed by atoms with Gasteiger partial charge >= 0.3 is 0 Å². The van der Waals surface area contributed by atoms with Gasteiger partial charge in [-0.15, -0.1) is 0 Å². The summed E-state index contributed by atoms with van der Waals surface area (Å²) in [4.78, 5) is 20.5. The zero-order valence-corrected chi connectivity index (χ0v) is 6.03. The first kappa shape index (κ1) is 8.49. The molecule has 4 heteroatoms. The molecule has 0 saturated carbocycles. The van der Waals surface area contributed by atoms with Gasteiger partial charge in [0, 0.05) is 0 Å². The second-order valence-electron chi connectivity index (χ2n) is 1.42. The molecule has 9 heavy (non-hydrogen) atoms. The first-order chi connectivity index (χ1) is 4.18. The van der Waals surface area contributed by atoms with Crippen LogP contribution in [-0.2, 0) is 9.59 Å². The normalized spacial score (nSPS) is 9.00. The van der Waals surface area contributed by atoms with Crippen molar-refractivity contribution in [1.29, 1.82) is 0 Å². The molecule has 0 aromatic heterocycles. The van der Waals surface area contributed by atoms with Crippen LogP contribution in [0.2, 0.25) is 0 Å². The average Bonchev–Trinajstić information content (AvgIpc) is 1.82. The van der Waals surface area contributed by atoms with Crippen LogP contribution < -0.4 is 5.73 Å². The summed E-state index contributed by atoms with van der Waals surface area (Å²) in [7, 11) is 0. The van der Waals surface area contributed by atoms with Gasteiger partial charge in [0.2, 0.25) is 5.78 Å². The summed E-state index contributed by atoms with van der Waals surface area (Å²) in [5, 5.41) is 0. The number of carbonyl (C=O) groups excluding carboxylic acids is 2. The van der Waals surface area contributed by atoms with Gasteiger partial charge in [-0.2, -0.15) is 11.8 Å². The highest BCUT2D eigenvalue weighted by molar-refractivity contribution is 8.00. The van der Waals surface area contributed by atoms with Gasteiger partial charge in [0.15, 0.2) is 0 Å². The van der Waals surface area contributed by atoms with E-state index in [9.17, 15) is 9.59 Å². The Bertz CT molecular complexity index is 124. The minimum Gasteiger partial charge on any atom is -0.363 e. The fourth-order valence-electron chi connectivity index (χ4n) is 0.266. The summed E-state index contributed by atoms with van der Waals surface area (Å²) in [5.74, 6) is -0.289. The number of ketones is 1. The van der Waals surface area contributed by atoms with Crippen LogP contribution in [0.25, 0.3) is 0 Å². The van der Waals surface area contributed by atoms with E-state index in [4.69, 9.17) is 0 Å². The van der Waals surface area contributed by atoms with Crippen molar-refractivity contribution in [2.24, 2.45) is 5.73 Å². The molecule has 0 aromatic rings. The summed E-state index contributed by atoms with van der Waals surface area (Å²) in [6.07, 6.45) is 0. The van der Waals surface area contributed by atoms with Crippen molar-refractivity contribution in [3.05, 3.63) is 0 Å². The van der Waals surface area contributed by atoms with Gasteiger partial charge in [-0.3, -0.25) is 9.59 Å². The van der Waals surface area contributed by atoms with Crippen LogP contribution in [0.15, 0.2) is 0 Å². The van der Waals surface area contributed by atoms with Gasteiger partial charge in [-0.05, 0) is 5.75 Å². The van der Waals surface area contributed by atoms with E-state index in [1.165, 1.54) is 11.8 Å². The Hall–Kier alpha value is -0.510. The fraction of sp³-hybridized carbons (Fsp3) is 0.600. The summed E-state index contributed by atoms with van der Waals surface area (Å²) in [6, 6.07) is 0. The van der Waals surface area contributed by atoms with E-state index >= 15 is 0 Å². The Labute approximate surface area is 58.0 Å². The highest BCUT2D eigenvalue weighted by Gasteiger charge is 2.06. The second-order valence-corrected chi connectivity index (χ2v) is 2.70. The number of Topliss-reactive ketones (excluding diaryl/α,β-unsaturated/α-hetero) is 1. The average molecular weight is 147 g/mol. The van der Waals surface area contributed by atoms with E-state index < -0.39 is 11.7 Å². The molecule has 1 amide bonds. The lowest BCUT2D eigenvalue weighted by atomic mass is 10.4. The molecule has 0 unspecified atom stereocenters. The van der Waals surface area contributed by atoms with Crippen LogP contribution in [0.3, 0.4) is 0 Å². The summed E-state index contributed by atoms with van der Waals surface area (Å²) in [6.45, 7) is 1.92. The molecule has 0 heterocycles. The third-order valence-electron chi connectivity index (χ3n) is 0.712. The molecule has 0 aliphatic rings. The van der Waals surface area contributed by atoms with Gasteiger partial charge in [-0.25, -0.2) is 0 Å². The Morgan fingerprint density at radius 2 is 2.11 bits per heavy atom. The van der Waals surface area contributed by atoms with Crippen LogP contribution in [0.1, 0.15) is 6.92 Å². The van der Waals surface area contributed by atoms with Crippen LogP contribution in [0.4, 0.5) is 0 Å². The van der Waals surface area contributed by atoms with E-state index in [0.717, 1.165) is 5.75 Å². The Morgan fingerprint density at radius 3 is 2.44 bits per heavy atom. The van der Waals surface area contributed by atoms with Crippen LogP contribution in [0.5, 0.6) is 0 Å². The maximum absolute atomic E-state index is 10.4. The molecule has 0 aliphatic heterocycles. The maximum Gasteiger partial charge on any atom is 0.285 e. The summed E-state index contributed by atoms with van der Waals surface area (Å²) >= 11 is 1.39. The minimum atomic E-state index is -0.837. The topological polar surface area (TPSA) is 60.2 Å². The van der Waals surface area contributed by atoms with Crippen LogP contribution in [-0.4, -0.2) is 23.2 Å². The molecule has 0 fully saturated rings. The van der Waals surface area contributed by atoms with E-state index in [2.05, 4.69) is 5.73 Å². The van der Waals surface area contributed by atoms with Crippen molar-refractivity contribution < 1.29 is 9.59 Å². The monoisotopic (exact) mass is 147 g/mol. The molecule has 3 nitrogen and oxygen atoms in total. The Morgan fingerprint density at radius 1 is 1.56 bits per heavy atom. The van der Waals surface area contributed by atoms with E-state index in [0.29, 0.717) is 0 Å². The molecular formula is C5H9NO2S. The lowest BCUT2D eigenvalue weighted by Gasteiger charge is -1.90. The molecule has 0 aliphatic carbocycles. The Kier molecular flexibility index (Phi) is 4.13. The van der Waals surface area contributed by atoms with Gasteiger partial charge in [-0.1, -0.05) is 6.92 Å². The van der Waals surface area contributed by atoms with E-state index in [1.807, 2.05) is 6.92 Å². The number of amides is 1. The third kappa shape index (κ3) is 4.02. The molecule has 0 spiro atoms. The molecular weight excluding hydrogens is 138 g/mol. The summed E-state index contributed by atoms with van der Waals surface area (Å²) < 4.78 is 0.